The SMILES string of the molecule is O=S(=O)(Oc1cccc(F)c1)c1ccc2c(c1)CCCC2. The molecule has 0 radical (unpaired) electrons. The van der Waals surface area contributed by atoms with Gasteiger partial charge in [0.05, 0.1) is 0 Å². The minimum Gasteiger partial charge on any atom is -0.379 e. The second-order valence-electron chi connectivity index (χ2n) is 5.13. The Kier molecular flexibility index (Phi) is 3.68. The minimum absolute atomic E-state index is 0.0206. The number of rotatable bonds is 3. The van der Waals surface area contributed by atoms with Crippen LogP contribution >= 0.6 is 0 Å². The first-order valence-corrected chi connectivity index (χ1v) is 8.27. The van der Waals surface area contributed by atoms with Gasteiger partial charge in [-0.1, -0.05) is 12.1 Å². The molecule has 0 bridgehead atoms. The fourth-order valence-corrected chi connectivity index (χ4v) is 3.53. The monoisotopic (exact) mass is 306 g/mol. The van der Waals surface area contributed by atoms with Gasteiger partial charge in [-0.2, -0.15) is 8.42 Å². The third kappa shape index (κ3) is 3.08. The molecule has 2 aromatic rings. The van der Waals surface area contributed by atoms with Crippen molar-refractivity contribution in [1.82, 2.24) is 0 Å². The molecule has 2 aromatic carbocycles. The summed E-state index contributed by atoms with van der Waals surface area (Å²) in [6, 6.07) is 10.2. The molecule has 3 rings (SSSR count). The lowest BCUT2D eigenvalue weighted by molar-refractivity contribution is 0.483. The molecule has 21 heavy (non-hydrogen) atoms. The Morgan fingerprint density at radius 3 is 2.48 bits per heavy atom. The molecular weight excluding hydrogens is 291 g/mol. The predicted molar refractivity (Wildman–Crippen MR) is 77.3 cm³/mol. The average Bonchev–Trinajstić information content (AvgIpc) is 2.46. The van der Waals surface area contributed by atoms with E-state index in [1.165, 1.54) is 23.8 Å². The standard InChI is InChI=1S/C16H15FO3S/c17-14-6-3-7-15(11-14)20-21(18,19)16-9-8-12-4-1-2-5-13(12)10-16/h3,6-11H,1-2,4-5H2. The van der Waals surface area contributed by atoms with Crippen LogP contribution in [0.15, 0.2) is 47.4 Å². The number of benzene rings is 2. The van der Waals surface area contributed by atoms with Crippen LogP contribution in [0.5, 0.6) is 5.75 Å². The van der Waals surface area contributed by atoms with Crippen LogP contribution < -0.4 is 4.18 Å². The van der Waals surface area contributed by atoms with E-state index < -0.39 is 15.9 Å². The Morgan fingerprint density at radius 2 is 1.71 bits per heavy atom. The van der Waals surface area contributed by atoms with Crippen LogP contribution in [0.2, 0.25) is 0 Å². The molecule has 0 heterocycles. The number of hydrogen-bond acceptors (Lipinski definition) is 3. The summed E-state index contributed by atoms with van der Waals surface area (Å²) < 4.78 is 42.6. The Balaban J connectivity index is 1.91. The number of halogens is 1. The van der Waals surface area contributed by atoms with Crippen molar-refractivity contribution in [3.8, 4) is 5.75 Å². The third-order valence-electron chi connectivity index (χ3n) is 3.61. The molecule has 0 atom stereocenters. The fourth-order valence-electron chi connectivity index (χ4n) is 2.56. The molecule has 5 heteroatoms. The van der Waals surface area contributed by atoms with Gasteiger partial charge in [0.1, 0.15) is 16.5 Å². The van der Waals surface area contributed by atoms with Crippen LogP contribution in [0.25, 0.3) is 0 Å². The smallest absolute Gasteiger partial charge is 0.339 e. The van der Waals surface area contributed by atoms with Crippen molar-refractivity contribution in [2.75, 3.05) is 0 Å². The quantitative estimate of drug-likeness (QED) is 0.816. The van der Waals surface area contributed by atoms with E-state index in [4.69, 9.17) is 4.18 Å². The topological polar surface area (TPSA) is 43.4 Å². The molecule has 0 saturated carbocycles. The van der Waals surface area contributed by atoms with E-state index in [0.717, 1.165) is 37.3 Å². The van der Waals surface area contributed by atoms with E-state index in [1.54, 1.807) is 12.1 Å². The Bertz CT molecular complexity index is 769. The lowest BCUT2D eigenvalue weighted by Gasteiger charge is -2.16. The van der Waals surface area contributed by atoms with Gasteiger partial charge in [0.15, 0.2) is 0 Å². The van der Waals surface area contributed by atoms with Gasteiger partial charge < -0.3 is 4.18 Å². The Labute approximate surface area is 123 Å². The van der Waals surface area contributed by atoms with E-state index in [1.807, 2.05) is 6.07 Å². The lowest BCUT2D eigenvalue weighted by Crippen LogP contribution is -2.12. The van der Waals surface area contributed by atoms with Gasteiger partial charge in [-0.3, -0.25) is 0 Å². The first kappa shape index (κ1) is 14.1. The van der Waals surface area contributed by atoms with Crippen molar-refractivity contribution in [3.05, 3.63) is 59.4 Å². The summed E-state index contributed by atoms with van der Waals surface area (Å²) >= 11 is 0. The van der Waals surface area contributed by atoms with Gasteiger partial charge in [-0.05, 0) is 61.1 Å². The van der Waals surface area contributed by atoms with Crippen molar-refractivity contribution in [2.45, 2.75) is 30.6 Å². The van der Waals surface area contributed by atoms with Gasteiger partial charge in [0, 0.05) is 6.07 Å². The molecule has 0 spiro atoms. The molecule has 0 unspecified atom stereocenters. The molecule has 3 nitrogen and oxygen atoms in total. The summed E-state index contributed by atoms with van der Waals surface area (Å²) in [6.07, 6.45) is 4.08. The molecular formula is C16H15FO3S. The molecule has 0 amide bonds. The van der Waals surface area contributed by atoms with Crippen LogP contribution in [0.1, 0.15) is 24.0 Å². The summed E-state index contributed by atoms with van der Waals surface area (Å²) in [5.41, 5.74) is 2.26. The van der Waals surface area contributed by atoms with E-state index >= 15 is 0 Å². The average molecular weight is 306 g/mol. The van der Waals surface area contributed by atoms with Crippen molar-refractivity contribution in [3.63, 3.8) is 0 Å². The summed E-state index contributed by atoms with van der Waals surface area (Å²) in [5.74, 6) is -0.555. The third-order valence-corrected chi connectivity index (χ3v) is 4.85. The zero-order valence-corrected chi connectivity index (χ0v) is 12.2. The lowest BCUT2D eigenvalue weighted by atomic mass is 9.92. The second kappa shape index (κ2) is 5.48. The highest BCUT2D eigenvalue weighted by atomic mass is 32.2. The number of fused-ring (bicyclic) bond motifs is 1. The predicted octanol–water partition coefficient (Wildman–Crippen LogP) is 3.47. The van der Waals surface area contributed by atoms with Crippen LogP contribution in [0.4, 0.5) is 4.39 Å². The zero-order chi connectivity index (χ0) is 14.9. The normalized spacial score (nSPS) is 14.5. The van der Waals surface area contributed by atoms with E-state index in [9.17, 15) is 12.8 Å². The summed E-state index contributed by atoms with van der Waals surface area (Å²) in [5, 5.41) is 0. The molecule has 0 aliphatic heterocycles. The maximum Gasteiger partial charge on any atom is 0.339 e. The molecule has 0 fully saturated rings. The summed E-state index contributed by atoms with van der Waals surface area (Å²) in [4.78, 5) is 0.118. The zero-order valence-electron chi connectivity index (χ0n) is 11.4. The molecule has 1 aliphatic rings. The van der Waals surface area contributed by atoms with Crippen molar-refractivity contribution < 1.29 is 17.0 Å². The highest BCUT2D eigenvalue weighted by Gasteiger charge is 2.19. The Hall–Kier alpha value is -1.88. The maximum absolute atomic E-state index is 13.1. The summed E-state index contributed by atoms with van der Waals surface area (Å²) in [6.45, 7) is 0. The highest BCUT2D eigenvalue weighted by Crippen LogP contribution is 2.26. The molecule has 0 aromatic heterocycles. The van der Waals surface area contributed by atoms with Crippen molar-refractivity contribution in [1.29, 1.82) is 0 Å². The van der Waals surface area contributed by atoms with Crippen molar-refractivity contribution in [2.24, 2.45) is 0 Å². The molecule has 0 N–H and O–H groups in total. The Morgan fingerprint density at radius 1 is 0.952 bits per heavy atom. The molecule has 0 saturated heterocycles. The largest absolute Gasteiger partial charge is 0.379 e. The fraction of sp³-hybridized carbons (Fsp3) is 0.250. The van der Waals surface area contributed by atoms with Crippen LogP contribution in [0, 0.1) is 5.82 Å². The van der Waals surface area contributed by atoms with Gasteiger partial charge in [0.25, 0.3) is 0 Å². The van der Waals surface area contributed by atoms with E-state index in [-0.39, 0.29) is 10.6 Å². The summed E-state index contributed by atoms with van der Waals surface area (Å²) in [7, 11) is -3.93. The van der Waals surface area contributed by atoms with Gasteiger partial charge in [0.2, 0.25) is 0 Å². The van der Waals surface area contributed by atoms with Crippen LogP contribution in [0.3, 0.4) is 0 Å². The number of aryl methyl sites for hydroxylation is 2. The molecule has 1 aliphatic carbocycles. The van der Waals surface area contributed by atoms with Gasteiger partial charge in [-0.15, -0.1) is 0 Å². The van der Waals surface area contributed by atoms with Gasteiger partial charge >= 0.3 is 10.1 Å². The van der Waals surface area contributed by atoms with Crippen LogP contribution in [-0.4, -0.2) is 8.42 Å². The minimum atomic E-state index is -3.93. The van der Waals surface area contributed by atoms with E-state index in [2.05, 4.69) is 0 Å². The first-order chi connectivity index (χ1) is 10.0. The second-order valence-corrected chi connectivity index (χ2v) is 6.68. The number of hydrogen-bond donors (Lipinski definition) is 0. The highest BCUT2D eigenvalue weighted by molar-refractivity contribution is 7.87. The molecule has 110 valence electrons. The maximum atomic E-state index is 13.1. The van der Waals surface area contributed by atoms with Crippen LogP contribution in [-0.2, 0) is 23.0 Å². The van der Waals surface area contributed by atoms with Crippen molar-refractivity contribution >= 4 is 10.1 Å². The first-order valence-electron chi connectivity index (χ1n) is 6.86. The van der Waals surface area contributed by atoms with E-state index in [0.29, 0.717) is 0 Å². The van der Waals surface area contributed by atoms with Gasteiger partial charge in [-0.25, -0.2) is 4.39 Å².